The molecule has 0 aromatic heterocycles. The fourth-order valence-electron chi connectivity index (χ4n) is 1.39. The van der Waals surface area contributed by atoms with Crippen molar-refractivity contribution < 1.29 is 14.3 Å². The van der Waals surface area contributed by atoms with E-state index in [9.17, 15) is 9.59 Å². The maximum absolute atomic E-state index is 11.0. The smallest absolute Gasteiger partial charge is 0.310 e. The number of carbonyl (C=O) groups is 2. The molecule has 0 amide bonds. The monoisotopic (exact) mass is 167 g/mol. The van der Waals surface area contributed by atoms with Gasteiger partial charge in [0.1, 0.15) is 5.78 Å². The van der Waals surface area contributed by atoms with E-state index in [1.165, 1.54) is 7.11 Å². The van der Waals surface area contributed by atoms with E-state index in [2.05, 4.69) is 4.74 Å². The van der Waals surface area contributed by atoms with Crippen LogP contribution in [0.3, 0.4) is 0 Å². The Morgan fingerprint density at radius 1 is 1.67 bits per heavy atom. The van der Waals surface area contributed by atoms with Crippen molar-refractivity contribution in [3.05, 3.63) is 0 Å². The molecule has 4 heteroatoms. The van der Waals surface area contributed by atoms with E-state index in [-0.39, 0.29) is 18.6 Å². The average Bonchev–Trinajstić information content (AvgIpc) is 2.45. The van der Waals surface area contributed by atoms with Gasteiger partial charge >= 0.3 is 5.97 Å². The predicted molar refractivity (Wildman–Crippen MR) is 38.9 cm³/mol. The number of rotatable bonds is 1. The largest absolute Gasteiger partial charge is 0.469 e. The fraction of sp³-hybridized carbons (Fsp3) is 0.625. The van der Waals surface area contributed by atoms with Crippen LogP contribution in [0.4, 0.5) is 0 Å². The van der Waals surface area contributed by atoms with Gasteiger partial charge in [-0.2, -0.15) is 5.26 Å². The first-order chi connectivity index (χ1) is 5.69. The van der Waals surface area contributed by atoms with Gasteiger partial charge in [-0.25, -0.2) is 0 Å². The molecule has 0 heterocycles. The molecule has 0 N–H and O–H groups in total. The van der Waals surface area contributed by atoms with Gasteiger partial charge in [0.25, 0.3) is 0 Å². The van der Waals surface area contributed by atoms with Crippen LogP contribution < -0.4 is 0 Å². The highest BCUT2D eigenvalue weighted by atomic mass is 16.5. The zero-order chi connectivity index (χ0) is 9.14. The lowest BCUT2D eigenvalue weighted by Gasteiger charge is -2.07. The molecule has 1 aliphatic rings. The molecule has 0 spiro atoms. The molecule has 0 bridgehead atoms. The van der Waals surface area contributed by atoms with Crippen LogP contribution in [0.25, 0.3) is 0 Å². The van der Waals surface area contributed by atoms with E-state index in [4.69, 9.17) is 5.26 Å². The Morgan fingerprint density at radius 3 is 2.83 bits per heavy atom. The maximum atomic E-state index is 11.0. The Kier molecular flexibility index (Phi) is 2.44. The third-order valence-corrected chi connectivity index (χ3v) is 2.05. The van der Waals surface area contributed by atoms with Gasteiger partial charge < -0.3 is 4.74 Å². The van der Waals surface area contributed by atoms with Gasteiger partial charge in [0, 0.05) is 12.8 Å². The summed E-state index contributed by atoms with van der Waals surface area (Å²) in [5, 5.41) is 8.59. The second-order valence-electron chi connectivity index (χ2n) is 2.81. The fourth-order valence-corrected chi connectivity index (χ4v) is 1.39. The zero-order valence-corrected chi connectivity index (χ0v) is 6.74. The van der Waals surface area contributed by atoms with Gasteiger partial charge in [-0.15, -0.1) is 0 Å². The minimum Gasteiger partial charge on any atom is -0.469 e. The van der Waals surface area contributed by atoms with E-state index in [1.807, 2.05) is 6.07 Å². The summed E-state index contributed by atoms with van der Waals surface area (Å²) in [5.74, 6) is -1.50. The second kappa shape index (κ2) is 3.35. The van der Waals surface area contributed by atoms with E-state index >= 15 is 0 Å². The van der Waals surface area contributed by atoms with E-state index in [0.29, 0.717) is 0 Å². The van der Waals surface area contributed by atoms with Crippen molar-refractivity contribution in [2.24, 2.45) is 11.8 Å². The summed E-state index contributed by atoms with van der Waals surface area (Å²) in [4.78, 5) is 21.9. The number of hydrogen-bond acceptors (Lipinski definition) is 4. The van der Waals surface area contributed by atoms with Crippen LogP contribution in [-0.2, 0) is 14.3 Å². The first-order valence-electron chi connectivity index (χ1n) is 3.68. The van der Waals surface area contributed by atoms with Crippen molar-refractivity contribution in [2.75, 3.05) is 7.11 Å². The van der Waals surface area contributed by atoms with Crippen LogP contribution in [0.1, 0.15) is 12.8 Å². The molecule has 0 unspecified atom stereocenters. The normalized spacial score (nSPS) is 28.2. The number of esters is 1. The highest BCUT2D eigenvalue weighted by Gasteiger charge is 2.38. The van der Waals surface area contributed by atoms with Gasteiger partial charge in [0.2, 0.25) is 0 Å². The number of nitriles is 1. The van der Waals surface area contributed by atoms with Gasteiger partial charge in [0.15, 0.2) is 0 Å². The highest BCUT2D eigenvalue weighted by Crippen LogP contribution is 2.29. The molecule has 0 aliphatic heterocycles. The molecule has 1 fully saturated rings. The molecule has 0 aromatic rings. The van der Waals surface area contributed by atoms with Gasteiger partial charge in [-0.3, -0.25) is 9.59 Å². The van der Waals surface area contributed by atoms with E-state index < -0.39 is 17.8 Å². The van der Waals surface area contributed by atoms with Gasteiger partial charge in [-0.1, -0.05) is 0 Å². The number of ketones is 1. The van der Waals surface area contributed by atoms with Crippen LogP contribution >= 0.6 is 0 Å². The highest BCUT2D eigenvalue weighted by molar-refractivity contribution is 5.89. The Hall–Kier alpha value is -1.37. The molecule has 1 saturated carbocycles. The lowest BCUT2D eigenvalue weighted by Crippen LogP contribution is -2.19. The van der Waals surface area contributed by atoms with Crippen LogP contribution in [0.2, 0.25) is 0 Å². The second-order valence-corrected chi connectivity index (χ2v) is 2.81. The molecular formula is C8H9NO3. The third kappa shape index (κ3) is 1.45. The summed E-state index contributed by atoms with van der Waals surface area (Å²) in [5.41, 5.74) is 0. The Balaban J connectivity index is 2.71. The number of methoxy groups -OCH3 is 1. The number of ether oxygens (including phenoxy) is 1. The summed E-state index contributed by atoms with van der Waals surface area (Å²) < 4.78 is 4.47. The predicted octanol–water partition coefficient (Wildman–Crippen LogP) is 0.278. The molecule has 64 valence electrons. The third-order valence-electron chi connectivity index (χ3n) is 2.05. The molecule has 0 saturated heterocycles. The lowest BCUT2D eigenvalue weighted by molar-refractivity contribution is -0.146. The SMILES string of the molecule is COC(=O)[C@@H]1CC(=O)C[C@H]1C#N. The van der Waals surface area contributed by atoms with Crippen LogP contribution in [0, 0.1) is 23.2 Å². The van der Waals surface area contributed by atoms with Crippen molar-refractivity contribution in [3.63, 3.8) is 0 Å². The maximum Gasteiger partial charge on any atom is 0.310 e. The summed E-state index contributed by atoms with van der Waals surface area (Å²) >= 11 is 0. The Labute approximate surface area is 70.1 Å². The standard InChI is InChI=1S/C8H9NO3/c1-12-8(11)7-3-6(10)2-5(7)4-9/h5,7H,2-3H2,1H3/t5-,7+/m0/s1. The topological polar surface area (TPSA) is 67.2 Å². The minimum atomic E-state index is -0.535. The number of nitrogens with zero attached hydrogens (tertiary/aromatic N) is 1. The van der Waals surface area contributed by atoms with Crippen LogP contribution in [0.15, 0.2) is 0 Å². The van der Waals surface area contributed by atoms with Crippen molar-refractivity contribution in [1.29, 1.82) is 5.26 Å². The average molecular weight is 167 g/mol. The van der Waals surface area contributed by atoms with E-state index in [1.54, 1.807) is 0 Å². The number of carbonyl (C=O) groups excluding carboxylic acids is 2. The molecule has 12 heavy (non-hydrogen) atoms. The Morgan fingerprint density at radius 2 is 2.33 bits per heavy atom. The quantitative estimate of drug-likeness (QED) is 0.526. The summed E-state index contributed by atoms with van der Waals surface area (Å²) in [6.07, 6.45) is 0.348. The number of hydrogen-bond donors (Lipinski definition) is 0. The van der Waals surface area contributed by atoms with Crippen molar-refractivity contribution in [2.45, 2.75) is 12.8 Å². The van der Waals surface area contributed by atoms with E-state index in [0.717, 1.165) is 0 Å². The summed E-state index contributed by atoms with van der Waals surface area (Å²) in [7, 11) is 1.26. The molecule has 4 nitrogen and oxygen atoms in total. The van der Waals surface area contributed by atoms with Crippen molar-refractivity contribution >= 4 is 11.8 Å². The summed E-state index contributed by atoms with van der Waals surface area (Å²) in [6, 6.07) is 1.94. The molecule has 0 radical (unpaired) electrons. The molecule has 0 aromatic carbocycles. The van der Waals surface area contributed by atoms with Crippen molar-refractivity contribution in [1.82, 2.24) is 0 Å². The lowest BCUT2D eigenvalue weighted by atomic mass is 9.98. The number of Topliss-reactive ketones (excluding diaryl/α,β-unsaturated/α-hetero) is 1. The zero-order valence-electron chi connectivity index (χ0n) is 6.74. The summed E-state index contributed by atoms with van der Waals surface area (Å²) in [6.45, 7) is 0. The van der Waals surface area contributed by atoms with Crippen LogP contribution in [0.5, 0.6) is 0 Å². The van der Waals surface area contributed by atoms with Gasteiger partial charge in [0.05, 0.1) is 25.0 Å². The Bertz CT molecular complexity index is 254. The molecule has 1 rings (SSSR count). The molecule has 2 atom stereocenters. The first-order valence-corrected chi connectivity index (χ1v) is 3.68. The van der Waals surface area contributed by atoms with Gasteiger partial charge in [-0.05, 0) is 0 Å². The van der Waals surface area contributed by atoms with Crippen LogP contribution in [-0.4, -0.2) is 18.9 Å². The van der Waals surface area contributed by atoms with Crippen molar-refractivity contribution in [3.8, 4) is 6.07 Å². The first kappa shape index (κ1) is 8.72. The molecular weight excluding hydrogens is 158 g/mol. The molecule has 1 aliphatic carbocycles. The minimum absolute atomic E-state index is 0.0306.